The molecule has 7 heteroatoms. The lowest BCUT2D eigenvalue weighted by molar-refractivity contribution is 0.0528. The van der Waals surface area contributed by atoms with Gasteiger partial charge in [-0.2, -0.15) is 5.10 Å². The second-order valence-electron chi connectivity index (χ2n) is 4.46. The Morgan fingerprint density at radius 2 is 2.27 bits per heavy atom. The van der Waals surface area contributed by atoms with Crippen LogP contribution in [0.15, 0.2) is 42.0 Å². The van der Waals surface area contributed by atoms with Crippen molar-refractivity contribution in [2.45, 2.75) is 6.92 Å². The summed E-state index contributed by atoms with van der Waals surface area (Å²) in [6, 6.07) is 6.99. The Labute approximate surface area is 130 Å². The van der Waals surface area contributed by atoms with Crippen molar-refractivity contribution in [2.75, 3.05) is 11.9 Å². The largest absolute Gasteiger partial charge is 0.462 e. The van der Waals surface area contributed by atoms with Crippen molar-refractivity contribution in [1.82, 2.24) is 9.61 Å². The maximum absolute atomic E-state index is 12.1. The first-order chi connectivity index (χ1) is 10.7. The van der Waals surface area contributed by atoms with Crippen LogP contribution < -0.4 is 5.32 Å². The van der Waals surface area contributed by atoms with E-state index in [1.807, 2.05) is 11.4 Å². The Hall–Kier alpha value is -2.67. The van der Waals surface area contributed by atoms with E-state index >= 15 is 0 Å². The summed E-state index contributed by atoms with van der Waals surface area (Å²) in [6.07, 6.45) is 3.14. The predicted molar refractivity (Wildman–Crippen MR) is 83.4 cm³/mol. The monoisotopic (exact) mass is 315 g/mol. The van der Waals surface area contributed by atoms with Gasteiger partial charge in [0.1, 0.15) is 5.56 Å². The summed E-state index contributed by atoms with van der Waals surface area (Å²) in [5, 5.41) is 8.74. The fourth-order valence-corrected chi connectivity index (χ4v) is 2.64. The zero-order valence-electron chi connectivity index (χ0n) is 11.8. The number of carbonyl (C=O) groups excluding carboxylic acids is 2. The molecule has 0 unspecified atom stereocenters. The number of thiophene rings is 1. The molecule has 1 amide bonds. The topological polar surface area (TPSA) is 72.7 Å². The second kappa shape index (κ2) is 5.98. The van der Waals surface area contributed by atoms with Crippen LogP contribution in [0, 0.1) is 0 Å². The zero-order valence-corrected chi connectivity index (χ0v) is 12.6. The summed E-state index contributed by atoms with van der Waals surface area (Å²) in [7, 11) is 0. The SMILES string of the molecule is CCOC(=O)c1cnn2ccc(NC(=O)c3cccs3)cc12. The van der Waals surface area contributed by atoms with E-state index in [1.54, 1.807) is 35.8 Å². The van der Waals surface area contributed by atoms with E-state index in [9.17, 15) is 9.59 Å². The number of fused-ring (bicyclic) bond motifs is 1. The molecule has 6 nitrogen and oxygen atoms in total. The third-order valence-corrected chi connectivity index (χ3v) is 3.89. The van der Waals surface area contributed by atoms with E-state index in [0.29, 0.717) is 28.3 Å². The molecule has 112 valence electrons. The van der Waals surface area contributed by atoms with Crippen LogP contribution in [-0.2, 0) is 4.74 Å². The Balaban J connectivity index is 1.90. The van der Waals surface area contributed by atoms with Crippen LogP contribution in [0.5, 0.6) is 0 Å². The van der Waals surface area contributed by atoms with E-state index in [-0.39, 0.29) is 5.91 Å². The first-order valence-corrected chi connectivity index (χ1v) is 7.56. The standard InChI is InChI=1S/C15H13N3O3S/c1-2-21-15(20)11-9-16-18-6-5-10(8-12(11)18)17-14(19)13-4-3-7-22-13/h3-9H,2H2,1H3,(H,17,19). The van der Waals surface area contributed by atoms with Gasteiger partial charge in [0.15, 0.2) is 0 Å². The highest BCUT2D eigenvalue weighted by molar-refractivity contribution is 7.12. The summed E-state index contributed by atoms with van der Waals surface area (Å²) in [4.78, 5) is 24.6. The van der Waals surface area contributed by atoms with Crippen molar-refractivity contribution < 1.29 is 14.3 Å². The molecule has 0 aromatic carbocycles. The lowest BCUT2D eigenvalue weighted by atomic mass is 10.2. The molecule has 3 heterocycles. The van der Waals surface area contributed by atoms with Gasteiger partial charge in [-0.05, 0) is 30.5 Å². The maximum atomic E-state index is 12.1. The van der Waals surface area contributed by atoms with Crippen molar-refractivity contribution in [2.24, 2.45) is 0 Å². The number of amides is 1. The quantitative estimate of drug-likeness (QED) is 0.751. The number of rotatable bonds is 4. The summed E-state index contributed by atoms with van der Waals surface area (Å²) in [5.74, 6) is -0.615. The van der Waals surface area contributed by atoms with Crippen LogP contribution in [0.1, 0.15) is 27.0 Å². The van der Waals surface area contributed by atoms with Crippen molar-refractivity contribution in [3.63, 3.8) is 0 Å². The summed E-state index contributed by atoms with van der Waals surface area (Å²) < 4.78 is 6.56. The number of carbonyl (C=O) groups is 2. The first kappa shape index (κ1) is 14.3. The smallest absolute Gasteiger partial charge is 0.341 e. The molecule has 0 radical (unpaired) electrons. The lowest BCUT2D eigenvalue weighted by Crippen LogP contribution is -2.10. The van der Waals surface area contributed by atoms with Gasteiger partial charge in [0.2, 0.25) is 0 Å². The number of esters is 1. The molecule has 22 heavy (non-hydrogen) atoms. The van der Waals surface area contributed by atoms with Gasteiger partial charge in [-0.1, -0.05) is 6.07 Å². The molecule has 3 rings (SSSR count). The summed E-state index contributed by atoms with van der Waals surface area (Å²) >= 11 is 1.37. The Morgan fingerprint density at radius 3 is 3.00 bits per heavy atom. The lowest BCUT2D eigenvalue weighted by Gasteiger charge is -2.05. The Morgan fingerprint density at radius 1 is 1.41 bits per heavy atom. The predicted octanol–water partition coefficient (Wildman–Crippen LogP) is 2.82. The molecule has 0 aliphatic carbocycles. The fourth-order valence-electron chi connectivity index (χ4n) is 2.02. The minimum atomic E-state index is -0.431. The fraction of sp³-hybridized carbons (Fsp3) is 0.133. The molecular weight excluding hydrogens is 302 g/mol. The molecule has 0 aliphatic heterocycles. The van der Waals surface area contributed by atoms with Gasteiger partial charge in [-0.3, -0.25) is 4.79 Å². The molecule has 0 bridgehead atoms. The van der Waals surface area contributed by atoms with Crippen molar-refractivity contribution in [3.8, 4) is 0 Å². The van der Waals surface area contributed by atoms with Crippen molar-refractivity contribution in [3.05, 3.63) is 52.5 Å². The van der Waals surface area contributed by atoms with E-state index < -0.39 is 5.97 Å². The summed E-state index contributed by atoms with van der Waals surface area (Å²) in [6.45, 7) is 2.04. The van der Waals surface area contributed by atoms with Crippen LogP contribution in [-0.4, -0.2) is 28.1 Å². The molecule has 0 saturated carbocycles. The Bertz CT molecular complexity index is 824. The van der Waals surface area contributed by atoms with Gasteiger partial charge in [0.05, 0.1) is 23.2 Å². The van der Waals surface area contributed by atoms with Crippen LogP contribution >= 0.6 is 11.3 Å². The van der Waals surface area contributed by atoms with Crippen molar-refractivity contribution >= 4 is 34.4 Å². The number of anilines is 1. The minimum absolute atomic E-state index is 0.184. The van der Waals surface area contributed by atoms with Gasteiger partial charge in [-0.15, -0.1) is 11.3 Å². The number of ether oxygens (including phenoxy) is 1. The van der Waals surface area contributed by atoms with Crippen LogP contribution in [0.25, 0.3) is 5.52 Å². The molecule has 1 N–H and O–H groups in total. The molecule has 3 aromatic heterocycles. The Kier molecular flexibility index (Phi) is 3.88. The third-order valence-electron chi connectivity index (χ3n) is 3.02. The molecule has 0 saturated heterocycles. The van der Waals surface area contributed by atoms with Gasteiger partial charge < -0.3 is 10.1 Å². The van der Waals surface area contributed by atoms with E-state index in [2.05, 4.69) is 10.4 Å². The minimum Gasteiger partial charge on any atom is -0.462 e. The van der Waals surface area contributed by atoms with Crippen LogP contribution in [0.3, 0.4) is 0 Å². The van der Waals surface area contributed by atoms with E-state index in [0.717, 1.165) is 0 Å². The van der Waals surface area contributed by atoms with Gasteiger partial charge in [0, 0.05) is 11.9 Å². The zero-order chi connectivity index (χ0) is 15.5. The highest BCUT2D eigenvalue weighted by atomic mass is 32.1. The molecule has 0 atom stereocenters. The van der Waals surface area contributed by atoms with Gasteiger partial charge >= 0.3 is 5.97 Å². The highest BCUT2D eigenvalue weighted by Gasteiger charge is 2.15. The van der Waals surface area contributed by atoms with Gasteiger partial charge in [0.25, 0.3) is 5.91 Å². The second-order valence-corrected chi connectivity index (χ2v) is 5.40. The molecular formula is C15H13N3O3S. The van der Waals surface area contributed by atoms with Crippen LogP contribution in [0.4, 0.5) is 5.69 Å². The van der Waals surface area contributed by atoms with E-state index in [4.69, 9.17) is 4.74 Å². The molecule has 0 fully saturated rings. The summed E-state index contributed by atoms with van der Waals surface area (Å²) in [5.41, 5.74) is 1.55. The molecule has 0 aliphatic rings. The average Bonchev–Trinajstić information content (AvgIpc) is 3.17. The van der Waals surface area contributed by atoms with Gasteiger partial charge in [-0.25, -0.2) is 9.31 Å². The first-order valence-electron chi connectivity index (χ1n) is 6.68. The molecule has 0 spiro atoms. The number of hydrogen-bond acceptors (Lipinski definition) is 5. The van der Waals surface area contributed by atoms with E-state index in [1.165, 1.54) is 17.5 Å². The highest BCUT2D eigenvalue weighted by Crippen LogP contribution is 2.18. The number of hydrogen-bond donors (Lipinski definition) is 1. The molecule has 3 aromatic rings. The average molecular weight is 315 g/mol. The number of nitrogens with one attached hydrogen (secondary N) is 1. The number of pyridine rings is 1. The third kappa shape index (κ3) is 2.71. The number of nitrogens with zero attached hydrogens (tertiary/aromatic N) is 2. The normalized spacial score (nSPS) is 10.6. The maximum Gasteiger partial charge on any atom is 0.341 e. The van der Waals surface area contributed by atoms with Crippen LogP contribution in [0.2, 0.25) is 0 Å². The number of aromatic nitrogens is 2. The van der Waals surface area contributed by atoms with Crippen molar-refractivity contribution in [1.29, 1.82) is 0 Å².